The highest BCUT2D eigenvalue weighted by molar-refractivity contribution is 4.69. The van der Waals surface area contributed by atoms with Crippen LogP contribution in [0.25, 0.3) is 0 Å². The molecule has 3 heteroatoms. The number of nitrogens with zero attached hydrogens (tertiary/aromatic N) is 1. The van der Waals surface area contributed by atoms with Crippen molar-refractivity contribution in [1.82, 2.24) is 4.90 Å². The molecule has 0 saturated carbocycles. The molecule has 0 fully saturated rings. The zero-order valence-electron chi connectivity index (χ0n) is 10.0. The molecule has 0 saturated heterocycles. The number of aliphatic hydroxyl groups is 1. The highest BCUT2D eigenvalue weighted by Gasteiger charge is 2.14. The van der Waals surface area contributed by atoms with Crippen LogP contribution in [0.1, 0.15) is 33.1 Å². The molecule has 0 heterocycles. The van der Waals surface area contributed by atoms with Gasteiger partial charge in [-0.3, -0.25) is 0 Å². The van der Waals surface area contributed by atoms with Crippen molar-refractivity contribution in [2.24, 2.45) is 0 Å². The van der Waals surface area contributed by atoms with E-state index in [-0.39, 0.29) is 0 Å². The van der Waals surface area contributed by atoms with Crippen molar-refractivity contribution in [2.75, 3.05) is 33.9 Å². The Labute approximate surface area is 88.1 Å². The Bertz CT molecular complexity index is 132. The molecule has 0 aliphatic carbocycles. The highest BCUT2D eigenvalue weighted by Crippen LogP contribution is 2.04. The predicted octanol–water partition coefficient (Wildman–Crippen LogP) is 1.51. The summed E-state index contributed by atoms with van der Waals surface area (Å²) in [6, 6.07) is 0. The van der Waals surface area contributed by atoms with Gasteiger partial charge in [-0.15, -0.1) is 0 Å². The second-order valence-electron chi connectivity index (χ2n) is 4.60. The van der Waals surface area contributed by atoms with Gasteiger partial charge in [0.2, 0.25) is 0 Å². The van der Waals surface area contributed by atoms with Gasteiger partial charge < -0.3 is 14.7 Å². The lowest BCUT2D eigenvalue weighted by atomic mass is 10.1. The van der Waals surface area contributed by atoms with E-state index in [1.807, 2.05) is 20.9 Å². The maximum atomic E-state index is 9.57. The first-order valence-electron chi connectivity index (χ1n) is 5.35. The van der Waals surface area contributed by atoms with Gasteiger partial charge in [0.25, 0.3) is 0 Å². The molecule has 0 aliphatic heterocycles. The quantitative estimate of drug-likeness (QED) is 0.607. The largest absolute Gasteiger partial charge is 0.389 e. The molecule has 0 atom stereocenters. The van der Waals surface area contributed by atoms with Crippen molar-refractivity contribution in [3.05, 3.63) is 0 Å². The molecule has 0 unspecified atom stereocenters. The van der Waals surface area contributed by atoms with Crippen LogP contribution in [0.3, 0.4) is 0 Å². The minimum Gasteiger partial charge on any atom is -0.389 e. The molecule has 0 aromatic carbocycles. The average Bonchev–Trinajstić information content (AvgIpc) is 2.00. The van der Waals surface area contributed by atoms with Crippen LogP contribution < -0.4 is 0 Å². The second-order valence-corrected chi connectivity index (χ2v) is 4.60. The van der Waals surface area contributed by atoms with E-state index < -0.39 is 5.60 Å². The van der Waals surface area contributed by atoms with E-state index in [9.17, 15) is 5.11 Å². The third kappa shape index (κ3) is 9.96. The Morgan fingerprint density at radius 1 is 1.21 bits per heavy atom. The summed E-state index contributed by atoms with van der Waals surface area (Å²) < 4.78 is 4.98. The van der Waals surface area contributed by atoms with Crippen molar-refractivity contribution in [3.8, 4) is 0 Å². The molecule has 0 amide bonds. The molecular weight excluding hydrogens is 178 g/mol. The molecule has 0 spiro atoms. The summed E-state index contributed by atoms with van der Waals surface area (Å²) in [5, 5.41) is 9.57. The summed E-state index contributed by atoms with van der Waals surface area (Å²) in [6.07, 6.45) is 3.51. The van der Waals surface area contributed by atoms with Gasteiger partial charge in [0.15, 0.2) is 0 Å². The summed E-state index contributed by atoms with van der Waals surface area (Å²) in [7, 11) is 3.79. The number of unbranched alkanes of at least 4 members (excludes halogenated alkanes) is 2. The van der Waals surface area contributed by atoms with Gasteiger partial charge in [0.05, 0.1) is 5.60 Å². The number of rotatable bonds is 8. The van der Waals surface area contributed by atoms with E-state index in [1.54, 1.807) is 7.11 Å². The molecule has 0 aromatic rings. The lowest BCUT2D eigenvalue weighted by molar-refractivity contribution is 0.0440. The van der Waals surface area contributed by atoms with Crippen molar-refractivity contribution >= 4 is 0 Å². The number of ether oxygens (including phenoxy) is 1. The molecule has 3 nitrogen and oxygen atoms in total. The number of hydrogen-bond donors (Lipinski definition) is 1. The molecule has 1 N–H and O–H groups in total. The summed E-state index contributed by atoms with van der Waals surface area (Å²) in [6.45, 7) is 6.32. The van der Waals surface area contributed by atoms with Crippen LogP contribution in [0.4, 0.5) is 0 Å². The van der Waals surface area contributed by atoms with Crippen molar-refractivity contribution in [3.63, 3.8) is 0 Å². The van der Waals surface area contributed by atoms with E-state index >= 15 is 0 Å². The third-order valence-electron chi connectivity index (χ3n) is 2.05. The lowest BCUT2D eigenvalue weighted by Gasteiger charge is -2.25. The zero-order chi connectivity index (χ0) is 11.0. The molecular formula is C11H25NO2. The Morgan fingerprint density at radius 2 is 1.86 bits per heavy atom. The van der Waals surface area contributed by atoms with E-state index in [2.05, 4.69) is 4.90 Å². The van der Waals surface area contributed by atoms with Crippen LogP contribution in [-0.4, -0.2) is 49.5 Å². The normalized spacial score (nSPS) is 12.4. The highest BCUT2D eigenvalue weighted by atomic mass is 16.5. The fraction of sp³-hybridized carbons (Fsp3) is 1.00. The minimum absolute atomic E-state index is 0.582. The van der Waals surface area contributed by atoms with Crippen LogP contribution in [0.2, 0.25) is 0 Å². The van der Waals surface area contributed by atoms with Crippen LogP contribution >= 0.6 is 0 Å². The number of likely N-dealkylation sites (N-methyl/N-ethyl adjacent to an activating group) is 1. The minimum atomic E-state index is -0.582. The summed E-state index contributed by atoms with van der Waals surface area (Å²) in [4.78, 5) is 2.17. The molecule has 0 aromatic heterocycles. The molecule has 0 rings (SSSR count). The van der Waals surface area contributed by atoms with Gasteiger partial charge in [-0.2, -0.15) is 0 Å². The average molecular weight is 203 g/mol. The van der Waals surface area contributed by atoms with Gasteiger partial charge in [-0.1, -0.05) is 0 Å². The van der Waals surface area contributed by atoms with E-state index in [0.29, 0.717) is 0 Å². The first kappa shape index (κ1) is 13.9. The SMILES string of the molecule is COCCCCCN(C)CC(C)(C)O. The van der Waals surface area contributed by atoms with Gasteiger partial charge >= 0.3 is 0 Å². The molecule has 86 valence electrons. The number of hydrogen-bond acceptors (Lipinski definition) is 3. The standard InChI is InChI=1S/C11H25NO2/c1-11(2,13)10-12(3)8-6-5-7-9-14-4/h13H,5-10H2,1-4H3. The Morgan fingerprint density at radius 3 is 2.36 bits per heavy atom. The molecule has 0 aliphatic rings. The van der Waals surface area contributed by atoms with E-state index in [1.165, 1.54) is 12.8 Å². The van der Waals surface area contributed by atoms with Crippen molar-refractivity contribution < 1.29 is 9.84 Å². The van der Waals surface area contributed by atoms with Gasteiger partial charge in [-0.05, 0) is 46.7 Å². The smallest absolute Gasteiger partial charge is 0.0718 e. The van der Waals surface area contributed by atoms with Crippen molar-refractivity contribution in [2.45, 2.75) is 38.7 Å². The lowest BCUT2D eigenvalue weighted by Crippen LogP contribution is -2.36. The Kier molecular flexibility index (Phi) is 7.15. The number of methoxy groups -OCH3 is 1. The van der Waals surface area contributed by atoms with Crippen LogP contribution in [0, 0.1) is 0 Å². The molecule has 14 heavy (non-hydrogen) atoms. The maximum absolute atomic E-state index is 9.57. The van der Waals surface area contributed by atoms with Crippen LogP contribution in [0.15, 0.2) is 0 Å². The van der Waals surface area contributed by atoms with Gasteiger partial charge in [0, 0.05) is 20.3 Å². The predicted molar refractivity (Wildman–Crippen MR) is 59.5 cm³/mol. The van der Waals surface area contributed by atoms with Crippen LogP contribution in [0.5, 0.6) is 0 Å². The fourth-order valence-electron chi connectivity index (χ4n) is 1.54. The third-order valence-corrected chi connectivity index (χ3v) is 2.05. The monoisotopic (exact) mass is 203 g/mol. The van der Waals surface area contributed by atoms with E-state index in [0.717, 1.165) is 26.1 Å². The molecule has 0 radical (unpaired) electrons. The zero-order valence-corrected chi connectivity index (χ0v) is 10.0. The maximum Gasteiger partial charge on any atom is 0.0718 e. The molecule has 0 bridgehead atoms. The summed E-state index contributed by atoms with van der Waals surface area (Å²) in [5.74, 6) is 0. The van der Waals surface area contributed by atoms with Gasteiger partial charge in [0.1, 0.15) is 0 Å². The Balaban J connectivity index is 3.31. The Hall–Kier alpha value is -0.120. The first-order valence-corrected chi connectivity index (χ1v) is 5.35. The van der Waals surface area contributed by atoms with Gasteiger partial charge in [-0.25, -0.2) is 0 Å². The second kappa shape index (κ2) is 7.21. The summed E-state index contributed by atoms with van der Waals surface area (Å²) in [5.41, 5.74) is -0.582. The van der Waals surface area contributed by atoms with Crippen molar-refractivity contribution in [1.29, 1.82) is 0 Å². The summed E-state index contributed by atoms with van der Waals surface area (Å²) >= 11 is 0. The fourth-order valence-corrected chi connectivity index (χ4v) is 1.54. The van der Waals surface area contributed by atoms with Crippen LogP contribution in [-0.2, 0) is 4.74 Å². The van der Waals surface area contributed by atoms with E-state index in [4.69, 9.17) is 4.74 Å². The topological polar surface area (TPSA) is 32.7 Å². The first-order chi connectivity index (χ1) is 6.45.